The molecule has 104 valence electrons. The summed E-state index contributed by atoms with van der Waals surface area (Å²) >= 11 is 0. The number of nitrogens with one attached hydrogen (secondary N) is 1. The molecular weight excluding hydrogens is 238 g/mol. The first kappa shape index (κ1) is 14.0. The number of amidine groups is 1. The van der Waals surface area contributed by atoms with Crippen molar-refractivity contribution in [2.45, 2.75) is 32.9 Å². The predicted octanol–water partition coefficient (Wildman–Crippen LogP) is 1.48. The minimum absolute atomic E-state index is 0.108. The molecule has 1 heterocycles. The highest BCUT2D eigenvalue weighted by Gasteiger charge is 2.24. The van der Waals surface area contributed by atoms with E-state index in [1.807, 2.05) is 25.1 Å². The maximum Gasteiger partial charge on any atom is 0.122 e. The number of nitrogens with zero attached hydrogens (tertiary/aromatic N) is 1. The lowest BCUT2D eigenvalue weighted by Crippen LogP contribution is -2.42. The highest BCUT2D eigenvalue weighted by molar-refractivity contribution is 5.95. The quantitative estimate of drug-likeness (QED) is 0.570. The number of hydrogen-bond donors (Lipinski definition) is 3. The molecule has 2 atom stereocenters. The lowest BCUT2D eigenvalue weighted by Gasteiger charge is -2.34. The third-order valence-corrected chi connectivity index (χ3v) is 4.05. The molecule has 4 heteroatoms. The number of β-amino-alcohol motifs (C(OH)–C–C–N with tert-alkyl or cyclic N) is 1. The first-order chi connectivity index (χ1) is 8.97. The topological polar surface area (TPSA) is 73.3 Å². The number of hydrogen-bond acceptors (Lipinski definition) is 3. The van der Waals surface area contributed by atoms with E-state index in [1.165, 1.54) is 5.56 Å². The predicted molar refractivity (Wildman–Crippen MR) is 77.3 cm³/mol. The van der Waals surface area contributed by atoms with E-state index in [-0.39, 0.29) is 11.9 Å². The van der Waals surface area contributed by atoms with Crippen molar-refractivity contribution in [2.75, 3.05) is 13.1 Å². The fourth-order valence-corrected chi connectivity index (χ4v) is 2.54. The van der Waals surface area contributed by atoms with Crippen LogP contribution in [0.2, 0.25) is 0 Å². The van der Waals surface area contributed by atoms with E-state index in [2.05, 4.69) is 11.8 Å². The van der Waals surface area contributed by atoms with Crippen molar-refractivity contribution in [1.29, 1.82) is 5.41 Å². The van der Waals surface area contributed by atoms with Gasteiger partial charge in [-0.15, -0.1) is 0 Å². The van der Waals surface area contributed by atoms with Gasteiger partial charge in [0.25, 0.3) is 0 Å². The monoisotopic (exact) mass is 261 g/mol. The zero-order valence-corrected chi connectivity index (χ0v) is 11.7. The fourth-order valence-electron chi connectivity index (χ4n) is 2.54. The van der Waals surface area contributed by atoms with Crippen LogP contribution in [0.4, 0.5) is 0 Å². The van der Waals surface area contributed by atoms with Crippen molar-refractivity contribution in [1.82, 2.24) is 4.90 Å². The Bertz CT molecular complexity index is 472. The number of rotatable bonds is 3. The summed E-state index contributed by atoms with van der Waals surface area (Å²) in [5, 5.41) is 17.4. The highest BCUT2D eigenvalue weighted by atomic mass is 16.3. The zero-order chi connectivity index (χ0) is 14.0. The van der Waals surface area contributed by atoms with Crippen molar-refractivity contribution >= 4 is 5.84 Å². The van der Waals surface area contributed by atoms with Crippen LogP contribution in [-0.4, -0.2) is 35.0 Å². The van der Waals surface area contributed by atoms with Crippen LogP contribution >= 0.6 is 0 Å². The van der Waals surface area contributed by atoms with Crippen LogP contribution in [0.5, 0.6) is 0 Å². The number of aliphatic hydroxyl groups is 1. The van der Waals surface area contributed by atoms with E-state index in [0.717, 1.165) is 37.2 Å². The number of aryl methyl sites for hydroxylation is 1. The first-order valence-electron chi connectivity index (χ1n) is 6.81. The SMILES string of the molecule is Cc1cc(C(=N)N)ccc1CN1CCC(C)C(O)C1. The van der Waals surface area contributed by atoms with Gasteiger partial charge >= 0.3 is 0 Å². The summed E-state index contributed by atoms with van der Waals surface area (Å²) < 4.78 is 0. The van der Waals surface area contributed by atoms with Crippen LogP contribution in [0.1, 0.15) is 30.0 Å². The van der Waals surface area contributed by atoms with Gasteiger partial charge in [0, 0.05) is 18.7 Å². The molecule has 1 aliphatic heterocycles. The van der Waals surface area contributed by atoms with Gasteiger partial charge in [-0.1, -0.05) is 19.1 Å². The Morgan fingerprint density at radius 2 is 2.26 bits per heavy atom. The molecule has 1 aromatic carbocycles. The molecule has 4 N–H and O–H groups in total. The van der Waals surface area contributed by atoms with Crippen molar-refractivity contribution in [2.24, 2.45) is 11.7 Å². The number of piperidine rings is 1. The second-order valence-electron chi connectivity index (χ2n) is 5.62. The van der Waals surface area contributed by atoms with Gasteiger partial charge in [-0.2, -0.15) is 0 Å². The summed E-state index contributed by atoms with van der Waals surface area (Å²) in [5.41, 5.74) is 8.66. The number of aliphatic hydroxyl groups excluding tert-OH is 1. The van der Waals surface area contributed by atoms with Gasteiger partial charge < -0.3 is 10.8 Å². The third kappa shape index (κ3) is 3.33. The minimum atomic E-state index is -0.217. The second-order valence-corrected chi connectivity index (χ2v) is 5.62. The Labute approximate surface area is 114 Å². The molecule has 2 unspecified atom stereocenters. The number of nitrogens with two attached hydrogens (primary N) is 1. The summed E-state index contributed by atoms with van der Waals surface area (Å²) in [6.45, 7) is 6.79. The number of likely N-dealkylation sites (tertiary alicyclic amines) is 1. The molecule has 0 aromatic heterocycles. The summed E-state index contributed by atoms with van der Waals surface area (Å²) in [7, 11) is 0. The molecule has 1 fully saturated rings. The lowest BCUT2D eigenvalue weighted by molar-refractivity contribution is 0.0258. The van der Waals surface area contributed by atoms with Crippen molar-refractivity contribution in [3.8, 4) is 0 Å². The molecule has 1 aromatic rings. The van der Waals surface area contributed by atoms with E-state index in [1.54, 1.807) is 0 Å². The molecule has 0 amide bonds. The van der Waals surface area contributed by atoms with E-state index in [4.69, 9.17) is 11.1 Å². The lowest BCUT2D eigenvalue weighted by atomic mass is 9.95. The standard InChI is InChI=1S/C15H23N3O/c1-10-5-6-18(9-14(10)19)8-13-4-3-12(15(16)17)7-11(13)2/h3-4,7,10,14,19H,5-6,8-9H2,1-2H3,(H3,16,17). The molecule has 0 bridgehead atoms. The summed E-state index contributed by atoms with van der Waals surface area (Å²) in [4.78, 5) is 2.29. The maximum absolute atomic E-state index is 9.93. The second kappa shape index (κ2) is 5.72. The molecular formula is C15H23N3O. The zero-order valence-electron chi connectivity index (χ0n) is 11.7. The maximum atomic E-state index is 9.93. The van der Waals surface area contributed by atoms with Gasteiger partial charge in [0.1, 0.15) is 5.84 Å². The van der Waals surface area contributed by atoms with Crippen LogP contribution in [-0.2, 0) is 6.54 Å². The number of nitrogen functional groups attached to an aromatic ring is 1. The van der Waals surface area contributed by atoms with Gasteiger partial charge in [-0.25, -0.2) is 0 Å². The Morgan fingerprint density at radius 3 is 2.84 bits per heavy atom. The van der Waals surface area contributed by atoms with Crippen molar-refractivity contribution in [3.63, 3.8) is 0 Å². The highest BCUT2D eigenvalue weighted by Crippen LogP contribution is 2.20. The van der Waals surface area contributed by atoms with Crippen LogP contribution in [0.3, 0.4) is 0 Å². The van der Waals surface area contributed by atoms with E-state index in [9.17, 15) is 5.11 Å². The number of benzene rings is 1. The van der Waals surface area contributed by atoms with Gasteiger partial charge in [0.15, 0.2) is 0 Å². The normalized spacial score (nSPS) is 24.4. The van der Waals surface area contributed by atoms with Gasteiger partial charge in [-0.05, 0) is 43.0 Å². The van der Waals surface area contributed by atoms with Gasteiger partial charge in [0.05, 0.1) is 6.10 Å². The van der Waals surface area contributed by atoms with Crippen LogP contribution < -0.4 is 5.73 Å². The molecule has 0 radical (unpaired) electrons. The molecule has 19 heavy (non-hydrogen) atoms. The van der Waals surface area contributed by atoms with Crippen LogP contribution in [0, 0.1) is 18.3 Å². The van der Waals surface area contributed by atoms with Gasteiger partial charge in [0.2, 0.25) is 0 Å². The largest absolute Gasteiger partial charge is 0.392 e. The first-order valence-corrected chi connectivity index (χ1v) is 6.81. The molecule has 4 nitrogen and oxygen atoms in total. The Balaban J connectivity index is 2.05. The van der Waals surface area contributed by atoms with Crippen molar-refractivity contribution in [3.05, 3.63) is 34.9 Å². The van der Waals surface area contributed by atoms with E-state index in [0.29, 0.717) is 5.92 Å². The Hall–Kier alpha value is -1.39. The van der Waals surface area contributed by atoms with Crippen LogP contribution in [0.15, 0.2) is 18.2 Å². The molecule has 1 aliphatic rings. The Kier molecular flexibility index (Phi) is 4.22. The van der Waals surface area contributed by atoms with Crippen LogP contribution in [0.25, 0.3) is 0 Å². The minimum Gasteiger partial charge on any atom is -0.392 e. The molecule has 1 saturated heterocycles. The van der Waals surface area contributed by atoms with E-state index >= 15 is 0 Å². The Morgan fingerprint density at radius 1 is 1.53 bits per heavy atom. The summed E-state index contributed by atoms with van der Waals surface area (Å²) in [6, 6.07) is 5.89. The molecule has 2 rings (SSSR count). The fraction of sp³-hybridized carbons (Fsp3) is 0.533. The average molecular weight is 261 g/mol. The smallest absolute Gasteiger partial charge is 0.122 e. The van der Waals surface area contributed by atoms with Gasteiger partial charge in [-0.3, -0.25) is 10.3 Å². The van der Waals surface area contributed by atoms with E-state index < -0.39 is 0 Å². The summed E-state index contributed by atoms with van der Waals surface area (Å²) in [5.74, 6) is 0.509. The van der Waals surface area contributed by atoms with Crippen molar-refractivity contribution < 1.29 is 5.11 Å². The molecule has 0 saturated carbocycles. The molecule has 0 aliphatic carbocycles. The third-order valence-electron chi connectivity index (χ3n) is 4.05. The summed E-state index contributed by atoms with van der Waals surface area (Å²) in [6.07, 6.45) is 0.830. The average Bonchev–Trinajstić information content (AvgIpc) is 2.36. The molecule has 0 spiro atoms.